The van der Waals surface area contributed by atoms with Gasteiger partial charge >= 0.3 is 0 Å². The molecule has 0 saturated heterocycles. The van der Waals surface area contributed by atoms with Gasteiger partial charge in [-0.3, -0.25) is 4.79 Å². The SMILES string of the molecule is CC.CC.CC(=O)c1cccc2ccccc12. The maximum atomic E-state index is 11.3. The van der Waals surface area contributed by atoms with Gasteiger partial charge in [-0.25, -0.2) is 0 Å². The molecule has 0 aromatic heterocycles. The maximum absolute atomic E-state index is 11.3. The number of carbonyl (C=O) groups excluding carboxylic acids is 1. The third-order valence-electron chi connectivity index (χ3n) is 2.17. The van der Waals surface area contributed by atoms with Crippen molar-refractivity contribution in [2.45, 2.75) is 34.6 Å². The first kappa shape index (κ1) is 15.4. The van der Waals surface area contributed by atoms with Gasteiger partial charge in [0, 0.05) is 5.56 Å². The van der Waals surface area contributed by atoms with Gasteiger partial charge < -0.3 is 0 Å². The molecule has 92 valence electrons. The van der Waals surface area contributed by atoms with E-state index < -0.39 is 0 Å². The highest BCUT2D eigenvalue weighted by atomic mass is 16.1. The molecule has 0 heterocycles. The van der Waals surface area contributed by atoms with Crippen molar-refractivity contribution in [3.05, 3.63) is 48.0 Å². The summed E-state index contributed by atoms with van der Waals surface area (Å²) in [7, 11) is 0. The highest BCUT2D eigenvalue weighted by Crippen LogP contribution is 2.18. The molecule has 0 radical (unpaired) electrons. The van der Waals surface area contributed by atoms with E-state index in [1.54, 1.807) is 6.92 Å². The van der Waals surface area contributed by atoms with Gasteiger partial charge in [-0.05, 0) is 17.7 Å². The van der Waals surface area contributed by atoms with Crippen LogP contribution < -0.4 is 0 Å². The van der Waals surface area contributed by atoms with E-state index in [4.69, 9.17) is 0 Å². The molecule has 0 fully saturated rings. The summed E-state index contributed by atoms with van der Waals surface area (Å²) in [6.07, 6.45) is 0. The Morgan fingerprint density at radius 2 is 1.35 bits per heavy atom. The first-order valence-electron chi connectivity index (χ1n) is 6.28. The standard InChI is InChI=1S/C12H10O.2C2H6/c1-9(13)11-8-4-6-10-5-2-3-7-12(10)11;2*1-2/h2-8H,1H3;2*1-2H3. The summed E-state index contributed by atoms with van der Waals surface area (Å²) in [6.45, 7) is 9.60. The van der Waals surface area contributed by atoms with E-state index in [0.29, 0.717) is 0 Å². The van der Waals surface area contributed by atoms with Crippen LogP contribution in [-0.4, -0.2) is 5.78 Å². The average Bonchev–Trinajstić information content (AvgIpc) is 2.42. The van der Waals surface area contributed by atoms with Gasteiger partial charge in [0.25, 0.3) is 0 Å². The molecule has 2 rings (SSSR count). The van der Waals surface area contributed by atoms with Crippen molar-refractivity contribution in [1.82, 2.24) is 0 Å². The largest absolute Gasteiger partial charge is 0.294 e. The van der Waals surface area contributed by atoms with Crippen LogP contribution in [0.1, 0.15) is 45.0 Å². The third-order valence-corrected chi connectivity index (χ3v) is 2.17. The molecule has 1 nitrogen and oxygen atoms in total. The van der Waals surface area contributed by atoms with E-state index in [-0.39, 0.29) is 5.78 Å². The molecule has 0 aliphatic carbocycles. The normalized spacial score (nSPS) is 8.53. The number of hydrogen-bond acceptors (Lipinski definition) is 1. The zero-order valence-corrected chi connectivity index (χ0v) is 11.4. The topological polar surface area (TPSA) is 17.1 Å². The monoisotopic (exact) mass is 230 g/mol. The van der Waals surface area contributed by atoms with Crippen molar-refractivity contribution in [3.8, 4) is 0 Å². The van der Waals surface area contributed by atoms with Gasteiger partial charge in [0.15, 0.2) is 5.78 Å². The molecule has 0 bridgehead atoms. The first-order valence-corrected chi connectivity index (χ1v) is 6.28. The van der Waals surface area contributed by atoms with E-state index in [1.165, 1.54) is 0 Å². The molecular formula is C16H22O. The molecule has 0 unspecified atom stereocenters. The zero-order valence-electron chi connectivity index (χ0n) is 11.4. The van der Waals surface area contributed by atoms with Crippen molar-refractivity contribution < 1.29 is 4.79 Å². The summed E-state index contributed by atoms with van der Waals surface area (Å²) >= 11 is 0. The van der Waals surface area contributed by atoms with Crippen LogP contribution in [0.15, 0.2) is 42.5 Å². The van der Waals surface area contributed by atoms with Gasteiger partial charge in [0.05, 0.1) is 0 Å². The number of benzene rings is 2. The van der Waals surface area contributed by atoms with E-state index in [0.717, 1.165) is 16.3 Å². The number of rotatable bonds is 1. The molecule has 0 N–H and O–H groups in total. The third kappa shape index (κ3) is 4.03. The van der Waals surface area contributed by atoms with Crippen LogP contribution in [0.25, 0.3) is 10.8 Å². The second kappa shape index (κ2) is 8.51. The number of fused-ring (bicyclic) bond motifs is 1. The fourth-order valence-electron chi connectivity index (χ4n) is 1.53. The zero-order chi connectivity index (χ0) is 13.3. The summed E-state index contributed by atoms with van der Waals surface area (Å²) in [4.78, 5) is 11.3. The summed E-state index contributed by atoms with van der Waals surface area (Å²) < 4.78 is 0. The van der Waals surface area contributed by atoms with Crippen molar-refractivity contribution >= 4 is 16.6 Å². The smallest absolute Gasteiger partial charge is 0.160 e. The molecule has 0 amide bonds. The highest BCUT2D eigenvalue weighted by molar-refractivity contribution is 6.06. The molecule has 0 aliphatic rings. The Hall–Kier alpha value is -1.63. The van der Waals surface area contributed by atoms with Gasteiger partial charge in [0.2, 0.25) is 0 Å². The van der Waals surface area contributed by atoms with Gasteiger partial charge in [-0.15, -0.1) is 0 Å². The maximum Gasteiger partial charge on any atom is 0.160 e. The van der Waals surface area contributed by atoms with Crippen LogP contribution in [0.5, 0.6) is 0 Å². The van der Waals surface area contributed by atoms with E-state index in [9.17, 15) is 4.79 Å². The second-order valence-corrected chi connectivity index (χ2v) is 3.08. The van der Waals surface area contributed by atoms with Gasteiger partial charge in [-0.1, -0.05) is 70.2 Å². The molecule has 0 spiro atoms. The van der Waals surface area contributed by atoms with E-state index in [2.05, 4.69) is 0 Å². The molecule has 2 aromatic rings. The lowest BCUT2D eigenvalue weighted by Gasteiger charge is -2.01. The van der Waals surface area contributed by atoms with Crippen molar-refractivity contribution in [3.63, 3.8) is 0 Å². The minimum absolute atomic E-state index is 0.122. The Kier molecular flexibility index (Phi) is 7.70. The highest BCUT2D eigenvalue weighted by Gasteiger charge is 2.02. The summed E-state index contributed by atoms with van der Waals surface area (Å²) in [6, 6.07) is 13.7. The van der Waals surface area contributed by atoms with Gasteiger partial charge in [-0.2, -0.15) is 0 Å². The first-order chi connectivity index (χ1) is 8.29. The Bertz CT molecular complexity index is 453. The minimum Gasteiger partial charge on any atom is -0.294 e. The van der Waals surface area contributed by atoms with Crippen LogP contribution in [0.4, 0.5) is 0 Å². The lowest BCUT2D eigenvalue weighted by molar-refractivity contribution is 0.101. The van der Waals surface area contributed by atoms with Gasteiger partial charge in [0.1, 0.15) is 0 Å². The fourth-order valence-corrected chi connectivity index (χ4v) is 1.53. The number of carbonyl (C=O) groups is 1. The Morgan fingerprint density at radius 3 is 1.94 bits per heavy atom. The van der Waals surface area contributed by atoms with Crippen LogP contribution >= 0.6 is 0 Å². The quantitative estimate of drug-likeness (QED) is 0.623. The Morgan fingerprint density at radius 1 is 0.824 bits per heavy atom. The van der Waals surface area contributed by atoms with Crippen LogP contribution in [0.2, 0.25) is 0 Å². The molecule has 2 aromatic carbocycles. The Balaban J connectivity index is 0.000000581. The minimum atomic E-state index is 0.122. The molecule has 0 saturated carbocycles. The summed E-state index contributed by atoms with van der Waals surface area (Å²) in [5.74, 6) is 0.122. The average molecular weight is 230 g/mol. The lowest BCUT2D eigenvalue weighted by atomic mass is 10.0. The summed E-state index contributed by atoms with van der Waals surface area (Å²) in [5.41, 5.74) is 0.804. The van der Waals surface area contributed by atoms with Crippen LogP contribution in [0.3, 0.4) is 0 Å². The number of hydrogen-bond donors (Lipinski definition) is 0. The van der Waals surface area contributed by atoms with Crippen molar-refractivity contribution in [1.29, 1.82) is 0 Å². The second-order valence-electron chi connectivity index (χ2n) is 3.08. The number of Topliss-reactive ketones (excluding diaryl/α,β-unsaturated/α-hetero) is 1. The van der Waals surface area contributed by atoms with Crippen LogP contribution in [-0.2, 0) is 0 Å². The van der Waals surface area contributed by atoms with Crippen molar-refractivity contribution in [2.75, 3.05) is 0 Å². The lowest BCUT2D eigenvalue weighted by Crippen LogP contribution is -1.92. The van der Waals surface area contributed by atoms with Crippen molar-refractivity contribution in [2.24, 2.45) is 0 Å². The molecule has 0 aliphatic heterocycles. The molecular weight excluding hydrogens is 208 g/mol. The van der Waals surface area contributed by atoms with E-state index in [1.807, 2.05) is 70.2 Å². The molecule has 17 heavy (non-hydrogen) atoms. The fraction of sp³-hybridized carbons (Fsp3) is 0.312. The predicted octanol–water partition coefficient (Wildman–Crippen LogP) is 5.09. The number of ketones is 1. The Labute approximate surface area is 104 Å². The predicted molar refractivity (Wildman–Crippen MR) is 76.6 cm³/mol. The molecule has 1 heteroatoms. The molecule has 0 atom stereocenters. The van der Waals surface area contributed by atoms with Crippen LogP contribution in [0, 0.1) is 0 Å². The summed E-state index contributed by atoms with van der Waals surface area (Å²) in [5, 5.41) is 2.16. The van der Waals surface area contributed by atoms with E-state index >= 15 is 0 Å².